The number of hydrogen-bond acceptors (Lipinski definition) is 6. The third-order valence-electron chi connectivity index (χ3n) is 4.41. The minimum absolute atomic E-state index is 0.0333. The van der Waals surface area contributed by atoms with Gasteiger partial charge in [0.1, 0.15) is 5.69 Å². The second-order valence-electron chi connectivity index (χ2n) is 6.24. The maximum absolute atomic E-state index is 12.3. The van der Waals surface area contributed by atoms with Crippen LogP contribution in [0.25, 0.3) is 0 Å². The van der Waals surface area contributed by atoms with E-state index in [1.807, 2.05) is 35.0 Å². The van der Waals surface area contributed by atoms with Crippen molar-refractivity contribution in [2.24, 2.45) is 0 Å². The molecule has 2 saturated heterocycles. The molecule has 124 valence electrons. The second kappa shape index (κ2) is 6.49. The molecule has 1 amide bonds. The van der Waals surface area contributed by atoms with E-state index in [4.69, 9.17) is 4.74 Å². The SMILES string of the molecule is O=C(c1cnccn1)N1CC2(C[C@H](OCc3cccnc3)CS2)C1. The van der Waals surface area contributed by atoms with Gasteiger partial charge in [0.25, 0.3) is 5.91 Å². The lowest BCUT2D eigenvalue weighted by atomic mass is 9.92. The number of hydrogen-bond donors (Lipinski definition) is 0. The highest BCUT2D eigenvalue weighted by molar-refractivity contribution is 8.01. The molecule has 0 N–H and O–H groups in total. The first kappa shape index (κ1) is 15.5. The van der Waals surface area contributed by atoms with Gasteiger partial charge in [0.05, 0.1) is 23.7 Å². The summed E-state index contributed by atoms with van der Waals surface area (Å²) in [7, 11) is 0. The van der Waals surface area contributed by atoms with Crippen LogP contribution < -0.4 is 0 Å². The van der Waals surface area contributed by atoms with Crippen molar-refractivity contribution in [2.45, 2.75) is 23.9 Å². The molecule has 7 heteroatoms. The van der Waals surface area contributed by atoms with Crippen LogP contribution in [0.1, 0.15) is 22.5 Å². The average molecular weight is 342 g/mol. The summed E-state index contributed by atoms with van der Waals surface area (Å²) in [6.45, 7) is 2.12. The van der Waals surface area contributed by atoms with Crippen LogP contribution in [0.15, 0.2) is 43.1 Å². The van der Waals surface area contributed by atoms with Gasteiger partial charge in [0, 0.05) is 43.6 Å². The summed E-state index contributed by atoms with van der Waals surface area (Å²) in [5.41, 5.74) is 1.51. The number of nitrogens with zero attached hydrogens (tertiary/aromatic N) is 4. The fourth-order valence-electron chi connectivity index (χ4n) is 3.19. The summed E-state index contributed by atoms with van der Waals surface area (Å²) in [5, 5.41) is 0. The van der Waals surface area contributed by atoms with Gasteiger partial charge < -0.3 is 9.64 Å². The van der Waals surface area contributed by atoms with E-state index in [9.17, 15) is 4.79 Å². The van der Waals surface area contributed by atoms with E-state index in [0.717, 1.165) is 30.8 Å². The lowest BCUT2D eigenvalue weighted by Gasteiger charge is -2.47. The monoisotopic (exact) mass is 342 g/mol. The fraction of sp³-hybridized carbons (Fsp3) is 0.412. The molecule has 6 nitrogen and oxygen atoms in total. The van der Waals surface area contributed by atoms with Crippen molar-refractivity contribution in [1.82, 2.24) is 19.9 Å². The zero-order valence-corrected chi connectivity index (χ0v) is 14.0. The van der Waals surface area contributed by atoms with Gasteiger partial charge in [-0.2, -0.15) is 0 Å². The smallest absolute Gasteiger partial charge is 0.274 e. The number of aromatic nitrogens is 3. The largest absolute Gasteiger partial charge is 0.373 e. The Morgan fingerprint density at radius 3 is 2.92 bits per heavy atom. The molecule has 0 bridgehead atoms. The summed E-state index contributed by atoms with van der Waals surface area (Å²) in [5.74, 6) is 0.946. The minimum Gasteiger partial charge on any atom is -0.373 e. The maximum Gasteiger partial charge on any atom is 0.274 e. The van der Waals surface area contributed by atoms with Crippen molar-refractivity contribution in [3.8, 4) is 0 Å². The van der Waals surface area contributed by atoms with E-state index >= 15 is 0 Å². The van der Waals surface area contributed by atoms with Crippen molar-refractivity contribution < 1.29 is 9.53 Å². The standard InChI is InChI=1S/C17H18N4O2S/c22-16(15-8-19-4-5-20-15)21-11-17(12-21)6-14(10-24-17)23-9-13-2-1-3-18-7-13/h1-5,7-8,14H,6,9-12H2/t14-/m0/s1. The van der Waals surface area contributed by atoms with Crippen LogP contribution in [-0.4, -0.2) is 55.5 Å². The third kappa shape index (κ3) is 3.14. The van der Waals surface area contributed by atoms with Gasteiger partial charge in [-0.15, -0.1) is 11.8 Å². The summed E-state index contributed by atoms with van der Waals surface area (Å²) in [6.07, 6.45) is 9.48. The zero-order chi connectivity index (χ0) is 16.4. The molecule has 2 aromatic heterocycles. The number of ether oxygens (including phenoxy) is 1. The minimum atomic E-state index is -0.0333. The Hall–Kier alpha value is -1.99. The van der Waals surface area contributed by atoms with E-state index in [2.05, 4.69) is 15.0 Å². The Labute approximate surface area is 144 Å². The van der Waals surface area contributed by atoms with E-state index in [1.165, 1.54) is 6.20 Å². The lowest BCUT2D eigenvalue weighted by molar-refractivity contribution is 0.0252. The van der Waals surface area contributed by atoms with Gasteiger partial charge >= 0.3 is 0 Å². The Balaban J connectivity index is 1.28. The summed E-state index contributed by atoms with van der Waals surface area (Å²) >= 11 is 1.92. The topological polar surface area (TPSA) is 68.2 Å². The van der Waals surface area contributed by atoms with Crippen LogP contribution in [0.2, 0.25) is 0 Å². The quantitative estimate of drug-likeness (QED) is 0.844. The fourth-order valence-corrected chi connectivity index (χ4v) is 4.74. The summed E-state index contributed by atoms with van der Waals surface area (Å²) in [6, 6.07) is 3.95. The summed E-state index contributed by atoms with van der Waals surface area (Å²) < 4.78 is 6.16. The Morgan fingerprint density at radius 1 is 1.29 bits per heavy atom. The highest BCUT2D eigenvalue weighted by atomic mass is 32.2. The molecule has 2 aliphatic rings. The van der Waals surface area contributed by atoms with Crippen molar-refractivity contribution in [2.75, 3.05) is 18.8 Å². The molecule has 2 fully saturated rings. The van der Waals surface area contributed by atoms with Crippen LogP contribution >= 0.6 is 11.8 Å². The normalized spacial score (nSPS) is 21.7. The number of likely N-dealkylation sites (tertiary alicyclic amines) is 1. The van der Waals surface area contributed by atoms with E-state index in [-0.39, 0.29) is 16.8 Å². The van der Waals surface area contributed by atoms with Crippen LogP contribution in [0.3, 0.4) is 0 Å². The van der Waals surface area contributed by atoms with Crippen LogP contribution in [-0.2, 0) is 11.3 Å². The van der Waals surface area contributed by atoms with Crippen LogP contribution in [0.5, 0.6) is 0 Å². The molecular weight excluding hydrogens is 324 g/mol. The molecule has 0 saturated carbocycles. The third-order valence-corrected chi connectivity index (χ3v) is 5.99. The first-order valence-electron chi connectivity index (χ1n) is 7.94. The van der Waals surface area contributed by atoms with Crippen molar-refractivity contribution in [3.05, 3.63) is 54.4 Å². The van der Waals surface area contributed by atoms with E-state index < -0.39 is 0 Å². The van der Waals surface area contributed by atoms with Crippen LogP contribution in [0, 0.1) is 0 Å². The van der Waals surface area contributed by atoms with Gasteiger partial charge in [-0.1, -0.05) is 6.07 Å². The number of pyridine rings is 1. The number of amides is 1. The second-order valence-corrected chi connectivity index (χ2v) is 7.73. The number of carbonyl (C=O) groups is 1. The highest BCUT2D eigenvalue weighted by Crippen LogP contribution is 2.46. The van der Waals surface area contributed by atoms with Crippen molar-refractivity contribution in [1.29, 1.82) is 0 Å². The van der Waals surface area contributed by atoms with Gasteiger partial charge in [-0.05, 0) is 18.1 Å². The van der Waals surface area contributed by atoms with Gasteiger partial charge in [0.2, 0.25) is 0 Å². The molecule has 0 radical (unpaired) electrons. The molecule has 1 atom stereocenters. The molecule has 4 heterocycles. The van der Waals surface area contributed by atoms with Crippen LogP contribution in [0.4, 0.5) is 0 Å². The Morgan fingerprint density at radius 2 is 2.17 bits per heavy atom. The van der Waals surface area contributed by atoms with E-state index in [1.54, 1.807) is 18.6 Å². The predicted molar refractivity (Wildman–Crippen MR) is 90.6 cm³/mol. The number of carbonyl (C=O) groups excluding carboxylic acids is 1. The molecule has 4 rings (SSSR count). The van der Waals surface area contributed by atoms with Gasteiger partial charge in [0.15, 0.2) is 0 Å². The zero-order valence-electron chi connectivity index (χ0n) is 13.2. The lowest BCUT2D eigenvalue weighted by Crippen LogP contribution is -2.60. The Bertz CT molecular complexity index is 707. The maximum atomic E-state index is 12.3. The molecule has 2 aliphatic heterocycles. The van der Waals surface area contributed by atoms with Gasteiger partial charge in [-0.25, -0.2) is 4.98 Å². The molecule has 0 unspecified atom stereocenters. The first-order chi connectivity index (χ1) is 11.7. The molecular formula is C17H18N4O2S. The van der Waals surface area contributed by atoms with Crippen molar-refractivity contribution in [3.63, 3.8) is 0 Å². The predicted octanol–water partition coefficient (Wildman–Crippen LogP) is 1.79. The Kier molecular flexibility index (Phi) is 4.20. The van der Waals surface area contributed by atoms with Crippen molar-refractivity contribution >= 4 is 17.7 Å². The van der Waals surface area contributed by atoms with E-state index in [0.29, 0.717) is 12.3 Å². The summed E-state index contributed by atoms with van der Waals surface area (Å²) in [4.78, 5) is 26.3. The molecule has 0 aliphatic carbocycles. The number of rotatable bonds is 4. The molecule has 0 aromatic carbocycles. The molecule has 2 aromatic rings. The average Bonchev–Trinajstić information content (AvgIpc) is 3.04. The number of thioether (sulfide) groups is 1. The molecule has 24 heavy (non-hydrogen) atoms. The first-order valence-corrected chi connectivity index (χ1v) is 8.92. The molecule has 1 spiro atoms. The van der Waals surface area contributed by atoms with Gasteiger partial charge in [-0.3, -0.25) is 14.8 Å². The highest BCUT2D eigenvalue weighted by Gasteiger charge is 2.51.